The van der Waals surface area contributed by atoms with Crippen LogP contribution < -0.4 is 0 Å². The first-order valence-electron chi connectivity index (χ1n) is 3.56. The molecule has 0 bridgehead atoms. The highest BCUT2D eigenvalue weighted by Gasteiger charge is 2.03. The van der Waals surface area contributed by atoms with Crippen LogP contribution in [0.1, 0.15) is 26.7 Å². The molecule has 0 aromatic carbocycles. The molecule has 0 aliphatic carbocycles. The van der Waals surface area contributed by atoms with Gasteiger partial charge in [0.05, 0.1) is 0 Å². The number of allylic oxidation sites excluding steroid dienone is 3. The Morgan fingerprint density at radius 2 is 2.30 bits per heavy atom. The van der Waals surface area contributed by atoms with Crippen LogP contribution in [0.5, 0.6) is 0 Å². The zero-order valence-electron chi connectivity index (χ0n) is 6.35. The van der Waals surface area contributed by atoms with Gasteiger partial charge in [0.1, 0.15) is 5.76 Å². The van der Waals surface area contributed by atoms with E-state index in [-0.39, 0.29) is 0 Å². The lowest BCUT2D eigenvalue weighted by Crippen LogP contribution is -1.93. The van der Waals surface area contributed by atoms with Gasteiger partial charge in [0.2, 0.25) is 0 Å². The maximum atomic E-state index is 4.99. The molecule has 1 aliphatic rings. The van der Waals surface area contributed by atoms with E-state index in [4.69, 9.17) is 4.84 Å². The third kappa shape index (κ3) is 1.28. The van der Waals surface area contributed by atoms with Gasteiger partial charge in [-0.3, -0.25) is 0 Å². The highest BCUT2D eigenvalue weighted by molar-refractivity contribution is 5.58. The molecule has 0 aromatic rings. The Bertz CT molecular complexity index is 209. The van der Waals surface area contributed by atoms with Crippen molar-refractivity contribution < 1.29 is 4.84 Å². The number of nitrogens with zero attached hydrogens (tertiary/aromatic N) is 1. The van der Waals surface area contributed by atoms with Crippen molar-refractivity contribution in [2.24, 2.45) is 5.16 Å². The van der Waals surface area contributed by atoms with Crippen molar-refractivity contribution in [1.29, 1.82) is 0 Å². The molecular formula is C8H11NO. The Morgan fingerprint density at radius 3 is 2.80 bits per heavy atom. The Kier molecular flexibility index (Phi) is 2.30. The molecule has 10 heavy (non-hydrogen) atoms. The quantitative estimate of drug-likeness (QED) is 0.572. The van der Waals surface area contributed by atoms with Crippen LogP contribution in [0, 0.1) is 0 Å². The summed E-state index contributed by atoms with van der Waals surface area (Å²) in [7, 11) is 0. The molecule has 0 amide bonds. The smallest absolute Gasteiger partial charge is 0.139 e. The summed E-state index contributed by atoms with van der Waals surface area (Å²) in [5, 5.41) is 3.56. The topological polar surface area (TPSA) is 21.6 Å². The number of hydrogen-bond donors (Lipinski definition) is 0. The summed E-state index contributed by atoms with van der Waals surface area (Å²) in [6.45, 7) is 4.15. The van der Waals surface area contributed by atoms with Gasteiger partial charge in [-0.25, -0.2) is 0 Å². The second-order valence-electron chi connectivity index (χ2n) is 2.11. The van der Waals surface area contributed by atoms with E-state index < -0.39 is 0 Å². The third-order valence-electron chi connectivity index (χ3n) is 1.51. The molecule has 0 unspecified atom stereocenters. The molecule has 0 saturated heterocycles. The summed E-state index contributed by atoms with van der Waals surface area (Å²) in [6.07, 6.45) is 3.78. The number of hydrogen-bond acceptors (Lipinski definition) is 2. The molecule has 54 valence electrons. The maximum Gasteiger partial charge on any atom is 0.139 e. The van der Waals surface area contributed by atoms with Crippen LogP contribution in [0.3, 0.4) is 0 Å². The van der Waals surface area contributed by atoms with E-state index in [1.807, 2.05) is 6.08 Å². The van der Waals surface area contributed by atoms with E-state index in [9.17, 15) is 0 Å². The second-order valence-corrected chi connectivity index (χ2v) is 2.11. The first-order chi connectivity index (χ1) is 4.88. The zero-order valence-corrected chi connectivity index (χ0v) is 6.35. The second kappa shape index (κ2) is 3.23. The molecule has 2 heteroatoms. The zero-order chi connectivity index (χ0) is 7.40. The van der Waals surface area contributed by atoms with Crippen LogP contribution in [-0.4, -0.2) is 5.87 Å². The maximum absolute atomic E-state index is 4.99. The van der Waals surface area contributed by atoms with E-state index in [1.165, 1.54) is 5.57 Å². The monoisotopic (exact) mass is 137 g/mol. The molecule has 0 saturated carbocycles. The van der Waals surface area contributed by atoms with Crippen molar-refractivity contribution in [3.63, 3.8) is 0 Å². The lowest BCUT2D eigenvalue weighted by Gasteiger charge is -2.06. The highest BCUT2D eigenvalue weighted by Crippen LogP contribution is 2.16. The van der Waals surface area contributed by atoms with Crippen molar-refractivity contribution in [3.8, 4) is 0 Å². The lowest BCUT2D eigenvalue weighted by molar-refractivity contribution is 0.215. The van der Waals surface area contributed by atoms with E-state index >= 15 is 0 Å². The molecule has 0 fully saturated rings. The third-order valence-corrected chi connectivity index (χ3v) is 1.51. The summed E-state index contributed by atoms with van der Waals surface area (Å²) in [4.78, 5) is 4.99. The first-order valence-corrected chi connectivity index (χ1v) is 3.56. The molecule has 0 aromatic heterocycles. The fourth-order valence-corrected chi connectivity index (χ4v) is 0.916. The SMILES string of the molecule is CCC1=C(CC)ON=C=C1. The van der Waals surface area contributed by atoms with Gasteiger partial charge in [0.25, 0.3) is 0 Å². The summed E-state index contributed by atoms with van der Waals surface area (Å²) in [6, 6.07) is 0. The van der Waals surface area contributed by atoms with Gasteiger partial charge in [-0.15, -0.1) is 0 Å². The Morgan fingerprint density at radius 1 is 1.50 bits per heavy atom. The van der Waals surface area contributed by atoms with E-state index in [1.54, 1.807) is 0 Å². The van der Waals surface area contributed by atoms with Gasteiger partial charge in [-0.1, -0.05) is 13.8 Å². The van der Waals surface area contributed by atoms with E-state index in [2.05, 4.69) is 24.9 Å². The summed E-state index contributed by atoms with van der Waals surface area (Å²) in [5.41, 5.74) is 1.21. The van der Waals surface area contributed by atoms with Crippen LogP contribution in [0.2, 0.25) is 0 Å². The molecule has 1 aliphatic heterocycles. The molecule has 1 rings (SSSR count). The van der Waals surface area contributed by atoms with Gasteiger partial charge in [0, 0.05) is 23.9 Å². The lowest BCUT2D eigenvalue weighted by atomic mass is 10.1. The van der Waals surface area contributed by atoms with Gasteiger partial charge < -0.3 is 4.84 Å². The first kappa shape index (κ1) is 7.10. The summed E-state index contributed by atoms with van der Waals surface area (Å²) >= 11 is 0. The average molecular weight is 137 g/mol. The van der Waals surface area contributed by atoms with Crippen LogP contribution in [0.15, 0.2) is 22.6 Å². The molecule has 0 radical (unpaired) electrons. The minimum atomic E-state index is 0.908. The minimum absolute atomic E-state index is 0.908. The van der Waals surface area contributed by atoms with Gasteiger partial charge in [-0.2, -0.15) is 0 Å². The predicted octanol–water partition coefficient (Wildman–Crippen LogP) is 2.23. The average Bonchev–Trinajstić information content (AvgIpc) is 2.04. The van der Waals surface area contributed by atoms with Crippen LogP contribution in [0.4, 0.5) is 0 Å². The van der Waals surface area contributed by atoms with Crippen molar-refractivity contribution in [1.82, 2.24) is 0 Å². The fourth-order valence-electron chi connectivity index (χ4n) is 0.916. The van der Waals surface area contributed by atoms with E-state index in [0.29, 0.717) is 0 Å². The van der Waals surface area contributed by atoms with Crippen LogP contribution in [-0.2, 0) is 4.84 Å². The van der Waals surface area contributed by atoms with E-state index in [0.717, 1.165) is 18.6 Å². The Labute approximate surface area is 60.9 Å². The Balaban J connectivity index is 2.83. The largest absolute Gasteiger partial charge is 0.353 e. The minimum Gasteiger partial charge on any atom is -0.353 e. The Hall–Kier alpha value is -1.01. The number of rotatable bonds is 2. The normalized spacial score (nSPS) is 15.8. The standard InChI is InChI=1S/C8H11NO/c1-3-7-5-6-9-10-8(7)4-2/h5H,3-4H2,1-2H3. The molecule has 0 atom stereocenters. The summed E-state index contributed by atoms with van der Waals surface area (Å²) in [5.74, 6) is 3.64. The molecule has 1 heterocycles. The molecule has 0 N–H and O–H groups in total. The fraction of sp³-hybridized carbons (Fsp3) is 0.500. The highest BCUT2D eigenvalue weighted by atomic mass is 16.6. The van der Waals surface area contributed by atoms with Crippen molar-refractivity contribution in [2.75, 3.05) is 0 Å². The molecule has 2 nitrogen and oxygen atoms in total. The predicted molar refractivity (Wildman–Crippen MR) is 40.7 cm³/mol. The van der Waals surface area contributed by atoms with Gasteiger partial charge in [-0.05, 0) is 11.6 Å². The summed E-state index contributed by atoms with van der Waals surface area (Å²) < 4.78 is 0. The van der Waals surface area contributed by atoms with Gasteiger partial charge >= 0.3 is 0 Å². The van der Waals surface area contributed by atoms with Crippen molar-refractivity contribution in [2.45, 2.75) is 26.7 Å². The van der Waals surface area contributed by atoms with Crippen molar-refractivity contribution >= 4 is 5.87 Å². The van der Waals surface area contributed by atoms with Gasteiger partial charge in [0.15, 0.2) is 0 Å². The van der Waals surface area contributed by atoms with Crippen LogP contribution in [0.25, 0.3) is 0 Å². The molecular weight excluding hydrogens is 126 g/mol. The van der Waals surface area contributed by atoms with Crippen molar-refractivity contribution in [3.05, 3.63) is 17.4 Å². The van der Waals surface area contributed by atoms with Crippen LogP contribution >= 0.6 is 0 Å². The molecule has 0 spiro atoms.